The number of thiol groups is 2. The molecule has 0 spiro atoms. The van der Waals surface area contributed by atoms with E-state index in [1.807, 2.05) is 0 Å². The van der Waals surface area contributed by atoms with Gasteiger partial charge in [-0.3, -0.25) is 0 Å². The third-order valence-electron chi connectivity index (χ3n) is 1.07. The summed E-state index contributed by atoms with van der Waals surface area (Å²) in [4.78, 5) is 0. The summed E-state index contributed by atoms with van der Waals surface area (Å²) >= 11 is 17.3. The normalized spacial score (nSPS) is 11.5. The van der Waals surface area contributed by atoms with Crippen LogP contribution in [0.3, 0.4) is 0 Å². The molecule has 0 aliphatic rings. The van der Waals surface area contributed by atoms with Crippen LogP contribution in [-0.2, 0) is 0 Å². The van der Waals surface area contributed by atoms with Gasteiger partial charge in [0.05, 0.1) is 6.04 Å². The molecule has 2 N–H and O–H groups in total. The Bertz CT molecular complexity index is 192. The third-order valence-corrected chi connectivity index (χ3v) is 1.62. The molecule has 0 heterocycles. The molecule has 0 saturated carbocycles. The number of nitrogens with one attached hydrogen (secondary N) is 2. The van der Waals surface area contributed by atoms with Gasteiger partial charge >= 0.3 is 0 Å². The molecular weight excluding hydrogens is 228 g/mol. The van der Waals surface area contributed by atoms with Crippen LogP contribution in [0.2, 0.25) is 0 Å². The first kappa shape index (κ1) is 12.2. The highest BCUT2D eigenvalue weighted by Crippen LogP contribution is 1.88. The first-order valence-electron chi connectivity index (χ1n) is 3.15. The van der Waals surface area contributed by atoms with Crippen LogP contribution in [0.5, 0.6) is 0 Å². The van der Waals surface area contributed by atoms with Crippen molar-refractivity contribution < 1.29 is 0 Å². The summed E-state index contributed by atoms with van der Waals surface area (Å²) in [5.41, 5.74) is 0. The van der Waals surface area contributed by atoms with Crippen molar-refractivity contribution in [1.29, 1.82) is 0 Å². The second-order valence-electron chi connectivity index (χ2n) is 1.98. The standard InChI is InChI=1S/C6H10N2S4/c1-2-4(8-6(11)12)3-7-5(9)10/h2,4H,1,3H2,(H2,7,9,10)(H2,8,11,12). The van der Waals surface area contributed by atoms with E-state index >= 15 is 0 Å². The van der Waals surface area contributed by atoms with Crippen molar-refractivity contribution in [3.63, 3.8) is 0 Å². The van der Waals surface area contributed by atoms with Gasteiger partial charge in [-0.25, -0.2) is 0 Å². The second kappa shape index (κ2) is 6.71. The van der Waals surface area contributed by atoms with Crippen LogP contribution >= 0.6 is 49.7 Å². The molecule has 0 saturated heterocycles. The summed E-state index contributed by atoms with van der Waals surface area (Å²) < 4.78 is 0.889. The van der Waals surface area contributed by atoms with E-state index in [9.17, 15) is 0 Å². The molecule has 0 aromatic carbocycles. The van der Waals surface area contributed by atoms with Crippen LogP contribution in [0.1, 0.15) is 0 Å². The van der Waals surface area contributed by atoms with E-state index in [1.54, 1.807) is 6.08 Å². The van der Waals surface area contributed by atoms with Gasteiger partial charge in [0.15, 0.2) is 0 Å². The predicted octanol–water partition coefficient (Wildman–Crippen LogP) is 1.15. The van der Waals surface area contributed by atoms with Crippen molar-refractivity contribution in [2.24, 2.45) is 0 Å². The van der Waals surface area contributed by atoms with Gasteiger partial charge in [0, 0.05) is 6.54 Å². The highest BCUT2D eigenvalue weighted by molar-refractivity contribution is 8.11. The average molecular weight is 238 g/mol. The Labute approximate surface area is 94.0 Å². The van der Waals surface area contributed by atoms with Crippen molar-refractivity contribution in [3.05, 3.63) is 12.7 Å². The molecule has 0 radical (unpaired) electrons. The smallest absolute Gasteiger partial charge is 0.131 e. The maximum Gasteiger partial charge on any atom is 0.131 e. The lowest BCUT2D eigenvalue weighted by atomic mass is 10.3. The minimum absolute atomic E-state index is 0.0279. The Morgan fingerprint density at radius 1 is 1.42 bits per heavy atom. The molecule has 2 nitrogen and oxygen atoms in total. The average Bonchev–Trinajstić information content (AvgIpc) is 1.97. The molecule has 0 bridgehead atoms. The van der Waals surface area contributed by atoms with E-state index in [0.717, 1.165) is 0 Å². The van der Waals surface area contributed by atoms with Gasteiger partial charge in [-0.05, 0) is 0 Å². The second-order valence-corrected chi connectivity index (χ2v) is 4.29. The molecule has 12 heavy (non-hydrogen) atoms. The minimum Gasteiger partial charge on any atom is -0.369 e. The third kappa shape index (κ3) is 6.90. The molecule has 0 aromatic heterocycles. The van der Waals surface area contributed by atoms with Crippen LogP contribution in [0.25, 0.3) is 0 Å². The lowest BCUT2D eigenvalue weighted by molar-refractivity contribution is 0.711. The van der Waals surface area contributed by atoms with Crippen LogP contribution in [0.4, 0.5) is 0 Å². The highest BCUT2D eigenvalue weighted by atomic mass is 32.1. The van der Waals surface area contributed by atoms with Gasteiger partial charge < -0.3 is 10.6 Å². The molecule has 6 heteroatoms. The van der Waals surface area contributed by atoms with Crippen LogP contribution in [0.15, 0.2) is 12.7 Å². The van der Waals surface area contributed by atoms with Crippen molar-refractivity contribution in [1.82, 2.24) is 10.6 Å². The zero-order valence-electron chi connectivity index (χ0n) is 6.28. The number of thiocarbonyl (C=S) groups is 2. The Balaban J connectivity index is 3.75. The van der Waals surface area contributed by atoms with Crippen molar-refractivity contribution in [3.8, 4) is 0 Å². The Morgan fingerprint density at radius 3 is 2.33 bits per heavy atom. The highest BCUT2D eigenvalue weighted by Gasteiger charge is 2.02. The Morgan fingerprint density at radius 2 is 2.00 bits per heavy atom. The van der Waals surface area contributed by atoms with Crippen molar-refractivity contribution in [2.45, 2.75) is 6.04 Å². The lowest BCUT2D eigenvalue weighted by Crippen LogP contribution is -2.39. The molecule has 1 unspecified atom stereocenters. The van der Waals surface area contributed by atoms with Gasteiger partial charge in [-0.1, -0.05) is 30.5 Å². The molecule has 0 aliphatic carbocycles. The molecule has 1 atom stereocenters. The summed E-state index contributed by atoms with van der Waals surface area (Å²) in [6.45, 7) is 4.23. The van der Waals surface area contributed by atoms with Gasteiger partial charge in [0.2, 0.25) is 0 Å². The van der Waals surface area contributed by atoms with Gasteiger partial charge in [0.25, 0.3) is 0 Å². The molecule has 0 aromatic rings. The first-order chi connectivity index (χ1) is 5.56. The fourth-order valence-electron chi connectivity index (χ4n) is 0.549. The lowest BCUT2D eigenvalue weighted by Gasteiger charge is -2.14. The predicted molar refractivity (Wildman–Crippen MR) is 68.3 cm³/mol. The summed E-state index contributed by atoms with van der Waals surface area (Å²) in [6.07, 6.45) is 1.72. The van der Waals surface area contributed by atoms with Crippen molar-refractivity contribution >= 4 is 58.3 Å². The number of hydrogen-bond donors (Lipinski definition) is 4. The Kier molecular flexibility index (Phi) is 6.83. The van der Waals surface area contributed by atoms with E-state index < -0.39 is 0 Å². The largest absolute Gasteiger partial charge is 0.369 e. The van der Waals surface area contributed by atoms with Gasteiger partial charge in [-0.2, -0.15) is 0 Å². The molecular formula is C6H10N2S4. The number of rotatable bonds is 4. The summed E-state index contributed by atoms with van der Waals surface area (Å²) in [5, 5.41) is 5.78. The maximum atomic E-state index is 4.74. The zero-order chi connectivity index (χ0) is 9.56. The molecule has 0 fully saturated rings. The first-order valence-corrected chi connectivity index (χ1v) is 4.86. The summed E-state index contributed by atoms with van der Waals surface area (Å²) in [5.74, 6) is 0. The van der Waals surface area contributed by atoms with Crippen LogP contribution in [0, 0.1) is 0 Å². The molecule has 0 rings (SSSR count). The maximum absolute atomic E-state index is 4.74. The summed E-state index contributed by atoms with van der Waals surface area (Å²) in [7, 11) is 0. The van der Waals surface area contributed by atoms with E-state index in [1.165, 1.54) is 0 Å². The quantitative estimate of drug-likeness (QED) is 0.335. The number of hydrogen-bond acceptors (Lipinski definition) is 2. The molecule has 0 aliphatic heterocycles. The molecule has 68 valence electrons. The fraction of sp³-hybridized carbons (Fsp3) is 0.333. The van der Waals surface area contributed by atoms with E-state index in [4.69, 9.17) is 24.4 Å². The SMILES string of the molecule is C=CC(CNC(=S)S)NC(=S)S. The van der Waals surface area contributed by atoms with E-state index in [-0.39, 0.29) is 6.04 Å². The Hall–Kier alpha value is 0.220. The summed E-state index contributed by atoms with van der Waals surface area (Å²) in [6, 6.07) is 0.0279. The monoisotopic (exact) mass is 238 g/mol. The molecule has 0 amide bonds. The minimum atomic E-state index is 0.0279. The topological polar surface area (TPSA) is 24.1 Å². The van der Waals surface area contributed by atoms with Gasteiger partial charge in [-0.15, -0.1) is 31.8 Å². The van der Waals surface area contributed by atoms with Crippen LogP contribution in [-0.4, -0.2) is 21.2 Å². The van der Waals surface area contributed by atoms with E-state index in [0.29, 0.717) is 15.2 Å². The van der Waals surface area contributed by atoms with Crippen LogP contribution < -0.4 is 10.6 Å². The van der Waals surface area contributed by atoms with Gasteiger partial charge in [0.1, 0.15) is 8.64 Å². The van der Waals surface area contributed by atoms with Crippen molar-refractivity contribution in [2.75, 3.05) is 6.54 Å². The fourth-order valence-corrected chi connectivity index (χ4v) is 1.04. The zero-order valence-corrected chi connectivity index (χ0v) is 9.70. The van der Waals surface area contributed by atoms with E-state index in [2.05, 4.69) is 42.5 Å².